The van der Waals surface area contributed by atoms with Crippen molar-refractivity contribution in [3.05, 3.63) is 28.8 Å². The zero-order valence-corrected chi connectivity index (χ0v) is 19.4. The van der Waals surface area contributed by atoms with E-state index in [-0.39, 0.29) is 11.4 Å². The van der Waals surface area contributed by atoms with Crippen LogP contribution in [-0.2, 0) is 6.42 Å². The fraction of sp³-hybridized carbons (Fsp3) is 0.565. The van der Waals surface area contributed by atoms with Crippen LogP contribution in [0.4, 0.5) is 16.5 Å². The molecule has 0 spiro atoms. The SMILES string of the molecule is CN(CCN1CCCC1)c1ccc2c(c1)OCCN2c1nc2c(s1)C(=O)NC(C)(C)C2. The van der Waals surface area contributed by atoms with Crippen molar-refractivity contribution in [2.75, 3.05) is 56.2 Å². The number of hydrogen-bond donors (Lipinski definition) is 1. The Morgan fingerprint density at radius 2 is 2.06 bits per heavy atom. The molecule has 3 aliphatic rings. The number of aromatic nitrogens is 1. The molecule has 1 saturated heterocycles. The third kappa shape index (κ3) is 4.11. The van der Waals surface area contributed by atoms with Gasteiger partial charge in [0.25, 0.3) is 5.91 Å². The highest BCUT2D eigenvalue weighted by atomic mass is 32.1. The lowest BCUT2D eigenvalue weighted by atomic mass is 9.94. The van der Waals surface area contributed by atoms with Gasteiger partial charge in [-0.25, -0.2) is 4.98 Å². The molecule has 2 aromatic rings. The van der Waals surface area contributed by atoms with Crippen molar-refractivity contribution < 1.29 is 9.53 Å². The maximum Gasteiger partial charge on any atom is 0.263 e. The van der Waals surface area contributed by atoms with Crippen molar-refractivity contribution >= 4 is 33.8 Å². The van der Waals surface area contributed by atoms with E-state index < -0.39 is 0 Å². The molecule has 0 saturated carbocycles. The molecule has 0 atom stereocenters. The minimum absolute atomic E-state index is 0.0153. The fourth-order valence-electron chi connectivity index (χ4n) is 4.65. The predicted octanol–water partition coefficient (Wildman–Crippen LogP) is 3.27. The molecular weight excluding hydrogens is 410 g/mol. The van der Waals surface area contributed by atoms with Crippen LogP contribution in [0.2, 0.25) is 0 Å². The van der Waals surface area contributed by atoms with Crippen LogP contribution >= 0.6 is 11.3 Å². The number of benzene rings is 1. The van der Waals surface area contributed by atoms with Gasteiger partial charge in [-0.1, -0.05) is 11.3 Å². The summed E-state index contributed by atoms with van der Waals surface area (Å²) in [5.41, 5.74) is 2.83. The number of hydrogen-bond acceptors (Lipinski definition) is 7. The minimum atomic E-state index is -0.257. The summed E-state index contributed by atoms with van der Waals surface area (Å²) in [7, 11) is 2.15. The predicted molar refractivity (Wildman–Crippen MR) is 125 cm³/mol. The minimum Gasteiger partial charge on any atom is -0.489 e. The highest BCUT2D eigenvalue weighted by Gasteiger charge is 2.34. The highest BCUT2D eigenvalue weighted by molar-refractivity contribution is 7.17. The number of fused-ring (bicyclic) bond motifs is 2. The number of ether oxygens (including phenoxy) is 1. The van der Waals surface area contributed by atoms with Crippen LogP contribution in [0.3, 0.4) is 0 Å². The highest BCUT2D eigenvalue weighted by Crippen LogP contribution is 2.42. The number of likely N-dealkylation sites (N-methyl/N-ethyl adjacent to an activating group) is 1. The number of nitrogens with one attached hydrogen (secondary N) is 1. The zero-order valence-electron chi connectivity index (χ0n) is 18.6. The average Bonchev–Trinajstić information content (AvgIpc) is 3.40. The van der Waals surface area contributed by atoms with Crippen LogP contribution in [0.1, 0.15) is 42.1 Å². The van der Waals surface area contributed by atoms with E-state index in [0.717, 1.165) is 53.2 Å². The van der Waals surface area contributed by atoms with Crippen molar-refractivity contribution in [3.63, 3.8) is 0 Å². The number of anilines is 3. The Kier molecular flexibility index (Phi) is 5.30. The van der Waals surface area contributed by atoms with Gasteiger partial charge < -0.3 is 24.8 Å². The zero-order chi connectivity index (χ0) is 21.6. The molecule has 3 aliphatic heterocycles. The maximum absolute atomic E-state index is 12.5. The van der Waals surface area contributed by atoms with Gasteiger partial charge in [0.05, 0.1) is 17.9 Å². The number of thiazole rings is 1. The summed E-state index contributed by atoms with van der Waals surface area (Å²) in [6.45, 7) is 9.98. The molecule has 166 valence electrons. The molecule has 0 aliphatic carbocycles. The van der Waals surface area contributed by atoms with Crippen LogP contribution in [0.15, 0.2) is 18.2 Å². The van der Waals surface area contributed by atoms with Crippen molar-refractivity contribution in [3.8, 4) is 5.75 Å². The first-order valence-corrected chi connectivity index (χ1v) is 12.0. The molecule has 5 rings (SSSR count). The second-order valence-corrected chi connectivity index (χ2v) is 10.4. The Morgan fingerprint density at radius 1 is 1.26 bits per heavy atom. The van der Waals surface area contributed by atoms with Gasteiger partial charge in [0.1, 0.15) is 17.2 Å². The van der Waals surface area contributed by atoms with E-state index in [4.69, 9.17) is 9.72 Å². The second-order valence-electron chi connectivity index (χ2n) is 9.41. The second kappa shape index (κ2) is 7.98. The summed E-state index contributed by atoms with van der Waals surface area (Å²) in [5, 5.41) is 3.95. The molecule has 0 unspecified atom stereocenters. The lowest BCUT2D eigenvalue weighted by molar-refractivity contribution is 0.0901. The van der Waals surface area contributed by atoms with E-state index >= 15 is 0 Å². The molecule has 1 aromatic heterocycles. The van der Waals surface area contributed by atoms with Gasteiger partial charge in [0.15, 0.2) is 5.13 Å². The molecule has 31 heavy (non-hydrogen) atoms. The van der Waals surface area contributed by atoms with E-state index in [2.05, 4.69) is 45.3 Å². The van der Waals surface area contributed by atoms with Crippen molar-refractivity contribution in [1.29, 1.82) is 0 Å². The van der Waals surface area contributed by atoms with E-state index in [1.54, 1.807) is 0 Å². The smallest absolute Gasteiger partial charge is 0.263 e. The summed E-state index contributed by atoms with van der Waals surface area (Å²) in [6, 6.07) is 6.42. The van der Waals surface area contributed by atoms with Crippen LogP contribution in [0, 0.1) is 0 Å². The number of amides is 1. The van der Waals surface area contributed by atoms with Crippen molar-refractivity contribution in [2.24, 2.45) is 0 Å². The molecule has 0 bridgehead atoms. The molecule has 0 radical (unpaired) electrons. The van der Waals surface area contributed by atoms with Crippen LogP contribution in [-0.4, -0.2) is 67.7 Å². The molecular formula is C23H31N5O2S. The molecule has 4 heterocycles. The molecule has 7 nitrogen and oxygen atoms in total. The standard InChI is InChI=1S/C23H31N5O2S/c1-23(2)15-17-20(21(29)25-23)31-22(24-17)28-12-13-30-19-14-16(6-7-18(19)28)26(3)10-11-27-8-4-5-9-27/h6-7,14H,4-5,8-13,15H2,1-3H3,(H,25,29). The van der Waals surface area contributed by atoms with Gasteiger partial charge in [-0.05, 0) is 51.9 Å². The Labute approximate surface area is 188 Å². The van der Waals surface area contributed by atoms with Crippen molar-refractivity contribution in [1.82, 2.24) is 15.2 Å². The molecule has 1 N–H and O–H groups in total. The quantitative estimate of drug-likeness (QED) is 0.769. The monoisotopic (exact) mass is 441 g/mol. The van der Waals surface area contributed by atoms with Gasteiger partial charge in [0.2, 0.25) is 0 Å². The number of nitrogens with zero attached hydrogens (tertiary/aromatic N) is 4. The van der Waals surface area contributed by atoms with Gasteiger partial charge >= 0.3 is 0 Å². The maximum atomic E-state index is 12.5. The Bertz CT molecular complexity index is 982. The Morgan fingerprint density at radius 3 is 2.87 bits per heavy atom. The van der Waals surface area contributed by atoms with Crippen LogP contribution in [0.25, 0.3) is 0 Å². The first-order valence-electron chi connectivity index (χ1n) is 11.2. The first-order chi connectivity index (χ1) is 14.9. The number of likely N-dealkylation sites (tertiary alicyclic amines) is 1. The van der Waals surface area contributed by atoms with Gasteiger partial charge in [-0.3, -0.25) is 4.79 Å². The Balaban J connectivity index is 1.35. The fourth-order valence-corrected chi connectivity index (χ4v) is 5.67. The summed E-state index contributed by atoms with van der Waals surface area (Å²) in [5.74, 6) is 0.869. The van der Waals surface area contributed by atoms with Gasteiger partial charge in [-0.2, -0.15) is 0 Å². The molecule has 1 amide bonds. The van der Waals surface area contributed by atoms with E-state index in [0.29, 0.717) is 6.61 Å². The summed E-state index contributed by atoms with van der Waals surface area (Å²) in [4.78, 5) is 25.2. The largest absolute Gasteiger partial charge is 0.489 e. The third-order valence-corrected chi connectivity index (χ3v) is 7.50. The number of carbonyl (C=O) groups excluding carboxylic acids is 1. The van der Waals surface area contributed by atoms with Crippen LogP contribution in [0.5, 0.6) is 5.75 Å². The summed E-state index contributed by atoms with van der Waals surface area (Å²) < 4.78 is 6.02. The molecule has 1 fully saturated rings. The normalized spacial score (nSPS) is 20.1. The lowest BCUT2D eigenvalue weighted by Crippen LogP contribution is -2.48. The number of carbonyl (C=O) groups is 1. The lowest BCUT2D eigenvalue weighted by Gasteiger charge is -2.31. The first kappa shape index (κ1) is 20.6. The topological polar surface area (TPSA) is 60.9 Å². The van der Waals surface area contributed by atoms with Crippen LogP contribution < -0.4 is 19.9 Å². The summed E-state index contributed by atoms with van der Waals surface area (Å²) >= 11 is 1.48. The Hall–Kier alpha value is -2.32. The van der Waals surface area contributed by atoms with Gasteiger partial charge in [0, 0.05) is 43.9 Å². The van der Waals surface area contributed by atoms with Crippen molar-refractivity contribution in [2.45, 2.75) is 38.6 Å². The van der Waals surface area contributed by atoms with E-state index in [1.165, 1.54) is 43.0 Å². The summed E-state index contributed by atoms with van der Waals surface area (Å²) in [6.07, 6.45) is 3.40. The molecule has 8 heteroatoms. The number of rotatable bonds is 5. The van der Waals surface area contributed by atoms with E-state index in [9.17, 15) is 4.79 Å². The third-order valence-electron chi connectivity index (χ3n) is 6.38. The van der Waals surface area contributed by atoms with Gasteiger partial charge in [-0.15, -0.1) is 0 Å². The molecule has 1 aromatic carbocycles. The van der Waals surface area contributed by atoms with E-state index in [1.807, 2.05) is 13.8 Å². The average molecular weight is 442 g/mol.